The Balaban J connectivity index is 1.62. The molecule has 0 aliphatic carbocycles. The summed E-state index contributed by atoms with van der Waals surface area (Å²) in [4.78, 5) is 4.57. The predicted octanol–water partition coefficient (Wildman–Crippen LogP) is 8.92. The second-order valence-corrected chi connectivity index (χ2v) is 8.55. The lowest BCUT2D eigenvalue weighted by atomic mass is 10.1. The Morgan fingerprint density at radius 1 is 0.562 bits per heavy atom. The number of hydrogen-bond acceptors (Lipinski definition) is 3. The lowest BCUT2D eigenvalue weighted by molar-refractivity contribution is 0.304. The highest BCUT2D eigenvalue weighted by molar-refractivity contribution is 5.82. The quantitative estimate of drug-likeness (QED) is 0.172. The highest BCUT2D eigenvalue weighted by Gasteiger charge is 1.97. The smallest absolute Gasteiger partial charge is 0.119 e. The van der Waals surface area contributed by atoms with Crippen LogP contribution >= 0.6 is 0 Å². The molecule has 2 rings (SSSR count). The second-order valence-electron chi connectivity index (χ2n) is 8.55. The van der Waals surface area contributed by atoms with E-state index in [1.165, 1.54) is 64.2 Å². The van der Waals surface area contributed by atoms with E-state index >= 15 is 0 Å². The van der Waals surface area contributed by atoms with Crippen molar-refractivity contribution in [2.45, 2.75) is 90.9 Å². The molecule has 2 aromatic rings. The van der Waals surface area contributed by atoms with E-state index in [0.29, 0.717) is 0 Å². The highest BCUT2D eigenvalue weighted by atomic mass is 16.5. The zero-order valence-electron chi connectivity index (χ0n) is 20.4. The van der Waals surface area contributed by atoms with Crippen molar-refractivity contribution in [1.29, 1.82) is 0 Å². The van der Waals surface area contributed by atoms with Crippen molar-refractivity contribution in [3.05, 3.63) is 54.1 Å². The Hall–Kier alpha value is -2.29. The molecule has 0 N–H and O–H groups in total. The van der Waals surface area contributed by atoms with Gasteiger partial charge in [-0.05, 0) is 66.9 Å². The maximum absolute atomic E-state index is 5.87. The topological polar surface area (TPSA) is 30.8 Å². The number of aliphatic imine (C=N–C) groups is 1. The van der Waals surface area contributed by atoms with Crippen LogP contribution in [-0.4, -0.2) is 19.4 Å². The Labute approximate surface area is 196 Å². The van der Waals surface area contributed by atoms with Gasteiger partial charge in [-0.1, -0.05) is 78.1 Å². The first-order chi connectivity index (χ1) is 15.8. The summed E-state index contributed by atoms with van der Waals surface area (Å²) in [5, 5.41) is 0. The third kappa shape index (κ3) is 11.9. The van der Waals surface area contributed by atoms with Crippen molar-refractivity contribution in [3.63, 3.8) is 0 Å². The number of ether oxygens (including phenoxy) is 2. The molecule has 0 amide bonds. The third-order valence-corrected chi connectivity index (χ3v) is 5.61. The largest absolute Gasteiger partial charge is 0.494 e. The minimum Gasteiger partial charge on any atom is -0.494 e. The summed E-state index contributed by atoms with van der Waals surface area (Å²) >= 11 is 0. The van der Waals surface area contributed by atoms with Gasteiger partial charge in [-0.25, -0.2) is 0 Å². The van der Waals surface area contributed by atoms with Gasteiger partial charge in [0.25, 0.3) is 0 Å². The van der Waals surface area contributed by atoms with E-state index in [4.69, 9.17) is 9.47 Å². The van der Waals surface area contributed by atoms with E-state index in [2.05, 4.69) is 18.8 Å². The monoisotopic (exact) mass is 437 g/mol. The van der Waals surface area contributed by atoms with Crippen LogP contribution < -0.4 is 9.47 Å². The van der Waals surface area contributed by atoms with Gasteiger partial charge >= 0.3 is 0 Å². The number of unbranched alkanes of at least 4 members (excludes halogenated alkanes) is 10. The van der Waals surface area contributed by atoms with Crippen LogP contribution in [0.25, 0.3) is 0 Å². The van der Waals surface area contributed by atoms with E-state index < -0.39 is 0 Å². The van der Waals surface area contributed by atoms with Crippen LogP contribution in [0.1, 0.15) is 96.5 Å². The summed E-state index contributed by atoms with van der Waals surface area (Å²) in [5.41, 5.74) is 2.00. The van der Waals surface area contributed by atoms with Crippen molar-refractivity contribution in [2.24, 2.45) is 4.99 Å². The van der Waals surface area contributed by atoms with Gasteiger partial charge in [0.1, 0.15) is 11.5 Å². The van der Waals surface area contributed by atoms with Gasteiger partial charge in [0.15, 0.2) is 0 Å². The maximum atomic E-state index is 5.87. The Kier molecular flexibility index (Phi) is 14.0. The van der Waals surface area contributed by atoms with E-state index in [-0.39, 0.29) is 0 Å². The van der Waals surface area contributed by atoms with Crippen molar-refractivity contribution >= 4 is 11.9 Å². The van der Waals surface area contributed by atoms with Crippen LogP contribution in [0.2, 0.25) is 0 Å². The van der Waals surface area contributed by atoms with Gasteiger partial charge < -0.3 is 9.47 Å². The zero-order valence-corrected chi connectivity index (χ0v) is 20.4. The standard InChI is InChI=1S/C29H43NO2/c1-3-5-7-9-10-11-12-14-24-32-29-21-17-27(18-22-29)30-25-26-15-19-28(20-16-26)31-23-13-8-6-4-2/h15-22,25H,3-14,23-24H2,1-2H3. The van der Waals surface area contributed by atoms with Crippen LogP contribution in [0, 0.1) is 0 Å². The summed E-state index contributed by atoms with van der Waals surface area (Å²) < 4.78 is 11.7. The van der Waals surface area contributed by atoms with Gasteiger partial charge in [-0.15, -0.1) is 0 Å². The Bertz CT molecular complexity index is 722. The molecule has 32 heavy (non-hydrogen) atoms. The average Bonchev–Trinajstić information content (AvgIpc) is 2.83. The molecule has 0 saturated heterocycles. The molecule has 0 heterocycles. The lowest BCUT2D eigenvalue weighted by Gasteiger charge is -2.07. The van der Waals surface area contributed by atoms with Gasteiger partial charge in [0, 0.05) is 6.21 Å². The number of nitrogens with zero attached hydrogens (tertiary/aromatic N) is 1. The molecule has 2 aromatic carbocycles. The maximum Gasteiger partial charge on any atom is 0.119 e. The van der Waals surface area contributed by atoms with Crippen LogP contribution in [0.5, 0.6) is 11.5 Å². The van der Waals surface area contributed by atoms with Crippen molar-refractivity contribution in [3.8, 4) is 11.5 Å². The van der Waals surface area contributed by atoms with E-state index in [0.717, 1.165) is 48.8 Å². The van der Waals surface area contributed by atoms with E-state index in [1.54, 1.807) is 0 Å². The molecule has 0 radical (unpaired) electrons. The first kappa shape index (κ1) is 26.0. The fourth-order valence-corrected chi connectivity index (χ4v) is 3.57. The molecule has 0 aliphatic heterocycles. The Morgan fingerprint density at radius 2 is 1.00 bits per heavy atom. The van der Waals surface area contributed by atoms with Gasteiger partial charge in [0.2, 0.25) is 0 Å². The summed E-state index contributed by atoms with van der Waals surface area (Å²) in [7, 11) is 0. The predicted molar refractivity (Wildman–Crippen MR) is 138 cm³/mol. The second kappa shape index (κ2) is 17.3. The third-order valence-electron chi connectivity index (χ3n) is 5.61. The van der Waals surface area contributed by atoms with Crippen LogP contribution in [0.4, 0.5) is 5.69 Å². The van der Waals surface area contributed by atoms with Crippen LogP contribution in [0.3, 0.4) is 0 Å². The van der Waals surface area contributed by atoms with Gasteiger partial charge in [0.05, 0.1) is 18.9 Å². The molecule has 0 saturated carbocycles. The van der Waals surface area contributed by atoms with Crippen molar-refractivity contribution in [2.75, 3.05) is 13.2 Å². The SMILES string of the molecule is CCCCCCCCCCOc1ccc(N=Cc2ccc(OCCCCCC)cc2)cc1. The molecule has 176 valence electrons. The van der Waals surface area contributed by atoms with Crippen LogP contribution in [0.15, 0.2) is 53.5 Å². The summed E-state index contributed by atoms with van der Waals surface area (Å²) in [6, 6.07) is 16.2. The molecule has 0 spiro atoms. The summed E-state index contributed by atoms with van der Waals surface area (Å²) in [5.74, 6) is 1.85. The first-order valence-electron chi connectivity index (χ1n) is 12.8. The van der Waals surface area contributed by atoms with Crippen molar-refractivity contribution in [1.82, 2.24) is 0 Å². The number of hydrogen-bond donors (Lipinski definition) is 0. The van der Waals surface area contributed by atoms with E-state index in [1.807, 2.05) is 54.7 Å². The summed E-state index contributed by atoms with van der Waals surface area (Å²) in [6.07, 6.45) is 17.3. The Morgan fingerprint density at radius 3 is 1.53 bits per heavy atom. The number of benzene rings is 2. The fourth-order valence-electron chi connectivity index (χ4n) is 3.57. The first-order valence-corrected chi connectivity index (χ1v) is 12.8. The molecule has 0 unspecified atom stereocenters. The van der Waals surface area contributed by atoms with Gasteiger partial charge in [-0.2, -0.15) is 0 Å². The molecular formula is C29H43NO2. The molecule has 3 nitrogen and oxygen atoms in total. The molecule has 3 heteroatoms. The molecule has 0 aromatic heterocycles. The minimum atomic E-state index is 0.793. The molecule has 0 fully saturated rings. The van der Waals surface area contributed by atoms with E-state index in [9.17, 15) is 0 Å². The fraction of sp³-hybridized carbons (Fsp3) is 0.552. The molecule has 0 aliphatic rings. The summed E-state index contributed by atoms with van der Waals surface area (Å²) in [6.45, 7) is 6.08. The minimum absolute atomic E-state index is 0.793. The normalized spacial score (nSPS) is 11.2. The van der Waals surface area contributed by atoms with Crippen molar-refractivity contribution < 1.29 is 9.47 Å². The zero-order chi connectivity index (χ0) is 22.7. The van der Waals surface area contributed by atoms with Crippen LogP contribution in [-0.2, 0) is 0 Å². The molecule has 0 atom stereocenters. The highest BCUT2D eigenvalue weighted by Crippen LogP contribution is 2.19. The molecular weight excluding hydrogens is 394 g/mol. The molecule has 0 bridgehead atoms. The van der Waals surface area contributed by atoms with Gasteiger partial charge in [-0.3, -0.25) is 4.99 Å². The number of rotatable bonds is 18. The average molecular weight is 438 g/mol. The lowest BCUT2D eigenvalue weighted by Crippen LogP contribution is -1.97.